The van der Waals surface area contributed by atoms with Crippen molar-refractivity contribution in [1.82, 2.24) is 14.9 Å². The largest absolute Gasteiger partial charge is 0.356 e. The van der Waals surface area contributed by atoms with E-state index in [4.69, 9.17) is 0 Å². The van der Waals surface area contributed by atoms with Gasteiger partial charge in [0.25, 0.3) is 0 Å². The Morgan fingerprint density at radius 1 is 1.31 bits per heavy atom. The topological polar surface area (TPSA) is 46.9 Å². The number of carbonyl (C=O) groups excluding carboxylic acids is 1. The first-order valence-electron chi connectivity index (χ1n) is 9.11. The summed E-state index contributed by atoms with van der Waals surface area (Å²) in [5.74, 6) is 0.662. The van der Waals surface area contributed by atoms with Crippen LogP contribution in [0.1, 0.15) is 19.8 Å². The highest BCUT2D eigenvalue weighted by Gasteiger charge is 2.38. The first-order valence-corrected chi connectivity index (χ1v) is 9.11. The van der Waals surface area contributed by atoms with E-state index in [9.17, 15) is 9.18 Å². The van der Waals surface area contributed by atoms with Crippen LogP contribution in [0, 0.1) is 17.7 Å². The zero-order valence-electron chi connectivity index (χ0n) is 14.8. The van der Waals surface area contributed by atoms with Gasteiger partial charge in [0.15, 0.2) is 0 Å². The summed E-state index contributed by atoms with van der Waals surface area (Å²) < 4.78 is 15.4. The number of aryl methyl sites for hydroxylation is 1. The fraction of sp³-hybridized carbons (Fsp3) is 0.333. The summed E-state index contributed by atoms with van der Waals surface area (Å²) in [6, 6.07) is 12.6. The molecule has 2 aromatic heterocycles. The lowest BCUT2D eigenvalue weighted by Crippen LogP contribution is -2.27. The molecule has 0 saturated heterocycles. The van der Waals surface area contributed by atoms with Crippen molar-refractivity contribution in [1.29, 1.82) is 0 Å². The van der Waals surface area contributed by atoms with Gasteiger partial charge >= 0.3 is 0 Å². The van der Waals surface area contributed by atoms with Crippen molar-refractivity contribution in [2.75, 3.05) is 6.54 Å². The molecule has 2 atom stereocenters. The van der Waals surface area contributed by atoms with E-state index >= 15 is 0 Å². The molecule has 1 aliphatic carbocycles. The standard InChI is InChI=1S/C21H22FN3O/c1-14-12-18(14)21(26)24-10-3-11-25-19(15-5-7-17(22)8-6-15)13-16-4-2-9-23-20(16)25/h2,4-9,13-14,18H,3,10-12H2,1H3,(H,24,26)/t14-,18-/m1/s1. The molecule has 0 bridgehead atoms. The minimum Gasteiger partial charge on any atom is -0.356 e. The molecule has 2 heterocycles. The molecule has 0 spiro atoms. The summed E-state index contributed by atoms with van der Waals surface area (Å²) in [5.41, 5.74) is 2.88. The molecule has 5 heteroatoms. The van der Waals surface area contributed by atoms with Crippen molar-refractivity contribution in [3.05, 3.63) is 54.5 Å². The molecule has 0 unspecified atom stereocenters. The van der Waals surface area contributed by atoms with Crippen LogP contribution in [0.4, 0.5) is 4.39 Å². The van der Waals surface area contributed by atoms with Gasteiger partial charge in [0, 0.05) is 30.6 Å². The Hall–Kier alpha value is -2.69. The molecule has 1 amide bonds. The van der Waals surface area contributed by atoms with Crippen LogP contribution in [0.5, 0.6) is 0 Å². The van der Waals surface area contributed by atoms with Gasteiger partial charge in [-0.05, 0) is 66.8 Å². The lowest BCUT2D eigenvalue weighted by Gasteiger charge is -2.11. The summed E-state index contributed by atoms with van der Waals surface area (Å²) in [6.45, 7) is 3.50. The first kappa shape index (κ1) is 16.8. The van der Waals surface area contributed by atoms with E-state index in [1.807, 2.05) is 12.1 Å². The van der Waals surface area contributed by atoms with E-state index in [1.165, 1.54) is 12.1 Å². The molecule has 4 rings (SSSR count). The molecule has 1 N–H and O–H groups in total. The molecule has 0 radical (unpaired) electrons. The molecule has 1 fully saturated rings. The predicted octanol–water partition coefficient (Wildman–Crippen LogP) is 4.00. The number of aromatic nitrogens is 2. The maximum Gasteiger partial charge on any atom is 0.223 e. The van der Waals surface area contributed by atoms with Gasteiger partial charge in [-0.25, -0.2) is 9.37 Å². The zero-order valence-corrected chi connectivity index (χ0v) is 14.8. The number of benzene rings is 1. The Kier molecular flexibility index (Phi) is 4.45. The number of halogens is 1. The van der Waals surface area contributed by atoms with Crippen molar-refractivity contribution in [2.45, 2.75) is 26.3 Å². The van der Waals surface area contributed by atoms with Gasteiger partial charge in [0.2, 0.25) is 5.91 Å². The van der Waals surface area contributed by atoms with E-state index in [-0.39, 0.29) is 17.6 Å². The van der Waals surface area contributed by atoms with Gasteiger partial charge in [0.05, 0.1) is 5.69 Å². The number of hydrogen-bond acceptors (Lipinski definition) is 2. The summed E-state index contributed by atoms with van der Waals surface area (Å²) in [6.07, 6.45) is 3.61. The highest BCUT2D eigenvalue weighted by Crippen LogP contribution is 2.37. The average molecular weight is 351 g/mol. The van der Waals surface area contributed by atoms with E-state index in [0.717, 1.165) is 41.7 Å². The van der Waals surface area contributed by atoms with Crippen LogP contribution in [0.15, 0.2) is 48.7 Å². The van der Waals surface area contributed by atoms with Gasteiger partial charge in [-0.3, -0.25) is 4.79 Å². The third kappa shape index (κ3) is 3.34. The number of fused-ring (bicyclic) bond motifs is 1. The van der Waals surface area contributed by atoms with Crippen LogP contribution < -0.4 is 5.32 Å². The predicted molar refractivity (Wildman–Crippen MR) is 100 cm³/mol. The molecular formula is C21H22FN3O. The van der Waals surface area contributed by atoms with Crippen LogP contribution in [-0.4, -0.2) is 22.0 Å². The minimum atomic E-state index is -0.244. The Bertz CT molecular complexity index is 932. The maximum absolute atomic E-state index is 13.3. The van der Waals surface area contributed by atoms with Crippen LogP contribution >= 0.6 is 0 Å². The lowest BCUT2D eigenvalue weighted by molar-refractivity contribution is -0.122. The number of carbonyl (C=O) groups is 1. The van der Waals surface area contributed by atoms with Gasteiger partial charge in [-0.1, -0.05) is 6.92 Å². The smallest absolute Gasteiger partial charge is 0.223 e. The maximum atomic E-state index is 13.3. The fourth-order valence-electron chi connectivity index (χ4n) is 3.44. The highest BCUT2D eigenvalue weighted by molar-refractivity contribution is 5.84. The summed E-state index contributed by atoms with van der Waals surface area (Å²) >= 11 is 0. The SMILES string of the molecule is C[C@@H]1C[C@H]1C(=O)NCCCn1c(-c2ccc(F)cc2)cc2cccnc21. The van der Waals surface area contributed by atoms with E-state index in [1.54, 1.807) is 18.3 Å². The molecule has 3 aromatic rings. The highest BCUT2D eigenvalue weighted by atomic mass is 19.1. The van der Waals surface area contributed by atoms with Crippen molar-refractivity contribution >= 4 is 16.9 Å². The molecule has 0 aliphatic heterocycles. The van der Waals surface area contributed by atoms with Gasteiger partial charge < -0.3 is 9.88 Å². The van der Waals surface area contributed by atoms with Crippen molar-refractivity contribution in [3.63, 3.8) is 0 Å². The van der Waals surface area contributed by atoms with Crippen LogP contribution in [-0.2, 0) is 11.3 Å². The summed E-state index contributed by atoms with van der Waals surface area (Å²) in [5, 5.41) is 4.09. The van der Waals surface area contributed by atoms with Gasteiger partial charge in [-0.2, -0.15) is 0 Å². The van der Waals surface area contributed by atoms with Crippen LogP contribution in [0.3, 0.4) is 0 Å². The molecule has 1 aliphatic rings. The molecular weight excluding hydrogens is 329 g/mol. The second kappa shape index (κ2) is 6.90. The Labute approximate surface area is 152 Å². The van der Waals surface area contributed by atoms with Crippen molar-refractivity contribution in [3.8, 4) is 11.3 Å². The number of nitrogens with zero attached hydrogens (tertiary/aromatic N) is 2. The Morgan fingerprint density at radius 2 is 2.08 bits per heavy atom. The normalized spacial score (nSPS) is 18.8. The summed E-state index contributed by atoms with van der Waals surface area (Å²) in [7, 11) is 0. The number of pyridine rings is 1. The minimum absolute atomic E-state index is 0.173. The van der Waals surface area contributed by atoms with Crippen LogP contribution in [0.2, 0.25) is 0 Å². The van der Waals surface area contributed by atoms with E-state index in [0.29, 0.717) is 12.5 Å². The fourth-order valence-corrected chi connectivity index (χ4v) is 3.44. The summed E-state index contributed by atoms with van der Waals surface area (Å²) in [4.78, 5) is 16.5. The van der Waals surface area contributed by atoms with Gasteiger partial charge in [0.1, 0.15) is 11.5 Å². The molecule has 26 heavy (non-hydrogen) atoms. The van der Waals surface area contributed by atoms with E-state index in [2.05, 4.69) is 27.9 Å². The molecule has 4 nitrogen and oxygen atoms in total. The third-order valence-electron chi connectivity index (χ3n) is 5.10. The zero-order chi connectivity index (χ0) is 18.1. The van der Waals surface area contributed by atoms with Crippen molar-refractivity contribution < 1.29 is 9.18 Å². The number of hydrogen-bond donors (Lipinski definition) is 1. The van der Waals surface area contributed by atoms with Crippen LogP contribution in [0.25, 0.3) is 22.3 Å². The second-order valence-corrected chi connectivity index (χ2v) is 7.07. The third-order valence-corrected chi connectivity index (χ3v) is 5.10. The first-order chi connectivity index (χ1) is 12.6. The molecule has 1 saturated carbocycles. The Balaban J connectivity index is 1.52. The quantitative estimate of drug-likeness (QED) is 0.682. The number of amides is 1. The van der Waals surface area contributed by atoms with Crippen molar-refractivity contribution in [2.24, 2.45) is 11.8 Å². The average Bonchev–Trinajstić information content (AvgIpc) is 3.27. The monoisotopic (exact) mass is 351 g/mol. The Morgan fingerprint density at radius 3 is 2.81 bits per heavy atom. The van der Waals surface area contributed by atoms with E-state index < -0.39 is 0 Å². The lowest BCUT2D eigenvalue weighted by atomic mass is 10.1. The number of nitrogens with one attached hydrogen (secondary N) is 1. The second-order valence-electron chi connectivity index (χ2n) is 7.07. The molecule has 1 aromatic carbocycles. The molecule has 134 valence electrons. The van der Waals surface area contributed by atoms with Gasteiger partial charge in [-0.15, -0.1) is 0 Å². The number of rotatable bonds is 6.